The quantitative estimate of drug-likeness (QED) is 0.781. The highest BCUT2D eigenvalue weighted by molar-refractivity contribution is 7.99. The van der Waals surface area contributed by atoms with Crippen molar-refractivity contribution < 1.29 is 4.74 Å². The van der Waals surface area contributed by atoms with Gasteiger partial charge in [-0.2, -0.15) is 0 Å². The van der Waals surface area contributed by atoms with E-state index < -0.39 is 0 Å². The summed E-state index contributed by atoms with van der Waals surface area (Å²) in [6, 6.07) is 3.81. The molecule has 2 N–H and O–H groups in total. The SMILES string of the molecule is CCSc1ccc(N)c(OCC2CC2)n1. The number of rotatable bonds is 5. The van der Waals surface area contributed by atoms with E-state index in [1.165, 1.54) is 12.8 Å². The van der Waals surface area contributed by atoms with E-state index in [1.54, 1.807) is 11.8 Å². The van der Waals surface area contributed by atoms with Gasteiger partial charge in [-0.05, 0) is 36.6 Å². The number of anilines is 1. The van der Waals surface area contributed by atoms with Crippen molar-refractivity contribution in [3.63, 3.8) is 0 Å². The molecule has 0 spiro atoms. The van der Waals surface area contributed by atoms with Crippen LogP contribution in [0.3, 0.4) is 0 Å². The molecule has 3 nitrogen and oxygen atoms in total. The van der Waals surface area contributed by atoms with Crippen molar-refractivity contribution in [1.29, 1.82) is 0 Å². The number of pyridine rings is 1. The first kappa shape index (κ1) is 10.6. The summed E-state index contributed by atoms with van der Waals surface area (Å²) in [6.45, 7) is 2.87. The van der Waals surface area contributed by atoms with Gasteiger partial charge in [-0.25, -0.2) is 4.98 Å². The second-order valence-electron chi connectivity index (χ2n) is 3.73. The average molecular weight is 224 g/mol. The number of hydrogen-bond acceptors (Lipinski definition) is 4. The van der Waals surface area contributed by atoms with Gasteiger partial charge < -0.3 is 10.5 Å². The van der Waals surface area contributed by atoms with Crippen LogP contribution in [0.15, 0.2) is 17.2 Å². The zero-order chi connectivity index (χ0) is 10.7. The fourth-order valence-corrected chi connectivity index (χ4v) is 1.87. The number of nitrogens with two attached hydrogens (primary N) is 1. The summed E-state index contributed by atoms with van der Waals surface area (Å²) in [6.07, 6.45) is 2.56. The molecule has 0 unspecified atom stereocenters. The summed E-state index contributed by atoms with van der Waals surface area (Å²) >= 11 is 1.70. The van der Waals surface area contributed by atoms with Gasteiger partial charge in [-0.3, -0.25) is 0 Å². The van der Waals surface area contributed by atoms with Gasteiger partial charge >= 0.3 is 0 Å². The largest absolute Gasteiger partial charge is 0.476 e. The molecule has 1 heterocycles. The van der Waals surface area contributed by atoms with Crippen LogP contribution < -0.4 is 10.5 Å². The van der Waals surface area contributed by atoms with Crippen molar-refractivity contribution in [3.8, 4) is 5.88 Å². The molecule has 1 saturated carbocycles. The van der Waals surface area contributed by atoms with Crippen LogP contribution in [-0.2, 0) is 0 Å². The summed E-state index contributed by atoms with van der Waals surface area (Å²) in [5.41, 5.74) is 6.43. The first-order valence-corrected chi connectivity index (χ1v) is 6.30. The van der Waals surface area contributed by atoms with E-state index in [2.05, 4.69) is 11.9 Å². The van der Waals surface area contributed by atoms with Gasteiger partial charge in [-0.1, -0.05) is 6.92 Å². The average Bonchev–Trinajstić information content (AvgIpc) is 3.03. The molecule has 1 aromatic rings. The fourth-order valence-electron chi connectivity index (χ4n) is 1.26. The number of thioether (sulfide) groups is 1. The topological polar surface area (TPSA) is 48.1 Å². The molecule has 0 bridgehead atoms. The molecule has 0 saturated heterocycles. The Balaban J connectivity index is 2.01. The van der Waals surface area contributed by atoms with Gasteiger partial charge in [0.1, 0.15) is 5.03 Å². The molecular weight excluding hydrogens is 208 g/mol. The Hall–Kier alpha value is -0.900. The first-order chi connectivity index (χ1) is 7.29. The van der Waals surface area contributed by atoms with Crippen LogP contribution in [0, 0.1) is 5.92 Å². The lowest BCUT2D eigenvalue weighted by Gasteiger charge is -2.08. The van der Waals surface area contributed by atoms with Crippen molar-refractivity contribution in [3.05, 3.63) is 12.1 Å². The zero-order valence-corrected chi connectivity index (χ0v) is 9.72. The predicted octanol–water partition coefficient (Wildman–Crippen LogP) is 2.56. The van der Waals surface area contributed by atoms with E-state index in [1.807, 2.05) is 12.1 Å². The zero-order valence-electron chi connectivity index (χ0n) is 8.90. The van der Waals surface area contributed by atoms with Gasteiger partial charge in [0.15, 0.2) is 0 Å². The van der Waals surface area contributed by atoms with E-state index in [0.717, 1.165) is 23.3 Å². The third kappa shape index (κ3) is 3.02. The molecule has 1 aromatic heterocycles. The van der Waals surface area contributed by atoms with Crippen LogP contribution in [0.1, 0.15) is 19.8 Å². The van der Waals surface area contributed by atoms with Gasteiger partial charge in [0, 0.05) is 0 Å². The number of aromatic nitrogens is 1. The Bertz CT molecular complexity index is 339. The Morgan fingerprint density at radius 2 is 2.33 bits per heavy atom. The van der Waals surface area contributed by atoms with Gasteiger partial charge in [0.05, 0.1) is 12.3 Å². The molecule has 2 rings (SSSR count). The standard InChI is InChI=1S/C11H16N2OS/c1-2-15-10-6-5-9(12)11(13-10)14-7-8-3-4-8/h5-6,8H,2-4,7,12H2,1H3. The first-order valence-electron chi connectivity index (χ1n) is 5.31. The maximum absolute atomic E-state index is 5.80. The highest BCUT2D eigenvalue weighted by Crippen LogP contribution is 2.31. The molecule has 4 heteroatoms. The van der Waals surface area contributed by atoms with Crippen LogP contribution in [0.4, 0.5) is 5.69 Å². The summed E-state index contributed by atoms with van der Waals surface area (Å²) in [7, 11) is 0. The second kappa shape index (κ2) is 4.75. The van der Waals surface area contributed by atoms with Crippen molar-refractivity contribution in [2.24, 2.45) is 5.92 Å². The van der Waals surface area contributed by atoms with Gasteiger partial charge in [0.25, 0.3) is 0 Å². The third-order valence-electron chi connectivity index (χ3n) is 2.31. The molecule has 0 aromatic carbocycles. The van der Waals surface area contributed by atoms with Crippen LogP contribution in [-0.4, -0.2) is 17.3 Å². The van der Waals surface area contributed by atoms with E-state index in [-0.39, 0.29) is 0 Å². The Morgan fingerprint density at radius 3 is 3.00 bits per heavy atom. The maximum Gasteiger partial charge on any atom is 0.238 e. The minimum absolute atomic E-state index is 0.598. The van der Waals surface area contributed by atoms with Crippen LogP contribution in [0.5, 0.6) is 5.88 Å². The molecule has 0 aliphatic heterocycles. The summed E-state index contributed by atoms with van der Waals surface area (Å²) in [4.78, 5) is 4.38. The van der Waals surface area contributed by atoms with Crippen molar-refractivity contribution in [2.45, 2.75) is 24.8 Å². The lowest BCUT2D eigenvalue weighted by Crippen LogP contribution is -2.04. The van der Waals surface area contributed by atoms with Gasteiger partial charge in [-0.15, -0.1) is 11.8 Å². The molecule has 1 aliphatic carbocycles. The minimum atomic E-state index is 0.598. The lowest BCUT2D eigenvalue weighted by molar-refractivity contribution is 0.288. The molecule has 82 valence electrons. The normalized spacial score (nSPS) is 15.3. The van der Waals surface area contributed by atoms with Crippen molar-refractivity contribution in [2.75, 3.05) is 18.1 Å². The Morgan fingerprint density at radius 1 is 1.53 bits per heavy atom. The van der Waals surface area contributed by atoms with Gasteiger partial charge in [0.2, 0.25) is 5.88 Å². The highest BCUT2D eigenvalue weighted by atomic mass is 32.2. The highest BCUT2D eigenvalue weighted by Gasteiger charge is 2.22. The van der Waals surface area contributed by atoms with E-state index >= 15 is 0 Å². The molecule has 1 aliphatic rings. The number of ether oxygens (including phenoxy) is 1. The van der Waals surface area contributed by atoms with Crippen LogP contribution in [0.2, 0.25) is 0 Å². The fraction of sp³-hybridized carbons (Fsp3) is 0.545. The Labute approximate surface area is 94.4 Å². The molecule has 0 radical (unpaired) electrons. The van der Waals surface area contributed by atoms with E-state index in [0.29, 0.717) is 11.6 Å². The number of hydrogen-bond donors (Lipinski definition) is 1. The smallest absolute Gasteiger partial charge is 0.238 e. The third-order valence-corrected chi connectivity index (χ3v) is 3.12. The van der Waals surface area contributed by atoms with Crippen LogP contribution >= 0.6 is 11.8 Å². The van der Waals surface area contributed by atoms with Crippen molar-refractivity contribution in [1.82, 2.24) is 4.98 Å². The number of nitrogens with zero attached hydrogens (tertiary/aromatic N) is 1. The Kier molecular flexibility index (Phi) is 3.36. The van der Waals surface area contributed by atoms with E-state index in [4.69, 9.17) is 10.5 Å². The predicted molar refractivity (Wildman–Crippen MR) is 63.3 cm³/mol. The molecule has 0 atom stereocenters. The molecule has 0 amide bonds. The summed E-state index contributed by atoms with van der Waals surface area (Å²) < 4.78 is 5.60. The summed E-state index contributed by atoms with van der Waals surface area (Å²) in [5, 5.41) is 0.984. The lowest BCUT2D eigenvalue weighted by atomic mass is 10.4. The maximum atomic E-state index is 5.80. The summed E-state index contributed by atoms with van der Waals surface area (Å²) in [5.74, 6) is 2.34. The molecule has 1 fully saturated rings. The molecular formula is C11H16N2OS. The monoisotopic (exact) mass is 224 g/mol. The second-order valence-corrected chi connectivity index (χ2v) is 5.02. The van der Waals surface area contributed by atoms with Crippen molar-refractivity contribution >= 4 is 17.4 Å². The minimum Gasteiger partial charge on any atom is -0.476 e. The molecule has 15 heavy (non-hydrogen) atoms. The van der Waals surface area contributed by atoms with E-state index in [9.17, 15) is 0 Å². The van der Waals surface area contributed by atoms with Crippen LogP contribution in [0.25, 0.3) is 0 Å². The number of nitrogen functional groups attached to an aromatic ring is 1.